The molecular formula is C21H20ClF4NO3. The van der Waals surface area contributed by atoms with Gasteiger partial charge >= 0.3 is 12.1 Å². The third-order valence-corrected chi connectivity index (χ3v) is 5.03. The highest BCUT2D eigenvalue weighted by Gasteiger charge is 2.45. The van der Waals surface area contributed by atoms with Gasteiger partial charge in [-0.2, -0.15) is 13.2 Å². The predicted molar refractivity (Wildman–Crippen MR) is 105 cm³/mol. The highest BCUT2D eigenvalue weighted by molar-refractivity contribution is 6.30. The Balaban J connectivity index is 2.35. The molecule has 0 aliphatic carbocycles. The highest BCUT2D eigenvalue weighted by Crippen LogP contribution is 2.38. The van der Waals surface area contributed by atoms with Gasteiger partial charge < -0.3 is 10.4 Å². The molecule has 4 nitrogen and oxygen atoms in total. The largest absolute Gasteiger partial charge is 0.481 e. The number of alkyl halides is 3. The van der Waals surface area contributed by atoms with E-state index in [-0.39, 0.29) is 17.7 Å². The monoisotopic (exact) mass is 445 g/mol. The van der Waals surface area contributed by atoms with E-state index in [1.54, 1.807) is 0 Å². The summed E-state index contributed by atoms with van der Waals surface area (Å²) >= 11 is 5.78. The number of carboxylic acid groups (broad SMARTS) is 1. The number of carbonyl (C=O) groups excluding carboxylic acids is 1. The number of amides is 1. The summed E-state index contributed by atoms with van der Waals surface area (Å²) in [6.45, 7) is 2.34. The lowest BCUT2D eigenvalue weighted by Crippen LogP contribution is -2.34. The molecule has 9 heteroatoms. The van der Waals surface area contributed by atoms with Crippen LogP contribution in [0.1, 0.15) is 30.9 Å². The molecule has 2 aromatic carbocycles. The van der Waals surface area contributed by atoms with E-state index >= 15 is 0 Å². The van der Waals surface area contributed by atoms with E-state index < -0.39 is 41.6 Å². The van der Waals surface area contributed by atoms with Gasteiger partial charge in [0.1, 0.15) is 5.82 Å². The van der Waals surface area contributed by atoms with Crippen molar-refractivity contribution < 1.29 is 32.3 Å². The van der Waals surface area contributed by atoms with Crippen molar-refractivity contribution in [2.24, 2.45) is 11.8 Å². The second-order valence-corrected chi connectivity index (χ2v) is 7.54. The number of rotatable bonds is 7. The number of carbonyl (C=O) groups is 2. The Morgan fingerprint density at radius 1 is 1.10 bits per heavy atom. The van der Waals surface area contributed by atoms with Crippen LogP contribution in [0.3, 0.4) is 0 Å². The first kappa shape index (κ1) is 23.7. The zero-order valence-electron chi connectivity index (χ0n) is 16.1. The summed E-state index contributed by atoms with van der Waals surface area (Å²) in [5, 5.41) is 11.5. The van der Waals surface area contributed by atoms with Gasteiger partial charge in [-0.05, 0) is 41.8 Å². The van der Waals surface area contributed by atoms with E-state index in [4.69, 9.17) is 16.7 Å². The van der Waals surface area contributed by atoms with Crippen molar-refractivity contribution in [1.82, 2.24) is 0 Å². The Morgan fingerprint density at radius 3 is 2.23 bits per heavy atom. The van der Waals surface area contributed by atoms with Crippen LogP contribution >= 0.6 is 11.6 Å². The van der Waals surface area contributed by atoms with Crippen molar-refractivity contribution >= 4 is 29.2 Å². The van der Waals surface area contributed by atoms with Gasteiger partial charge in [-0.1, -0.05) is 43.6 Å². The first-order valence-electron chi connectivity index (χ1n) is 9.04. The van der Waals surface area contributed by atoms with Gasteiger partial charge in [-0.3, -0.25) is 9.59 Å². The standard InChI is InChI=1S/C21H20ClF4NO3/c1-11(20(29)30)9-13-3-8-16(23)17(10-13)27-19(28)18(12(2)21(24,25)26)14-4-6-15(22)7-5-14/h3-8,10-12,18H,9H2,1-2H3,(H,27,28)(H,29,30)/t11?,12-,18?/m1/s1. The maximum absolute atomic E-state index is 14.2. The maximum atomic E-state index is 14.2. The number of benzene rings is 2. The summed E-state index contributed by atoms with van der Waals surface area (Å²) in [5.74, 6) is -7.37. The number of hydrogen-bond acceptors (Lipinski definition) is 2. The van der Waals surface area contributed by atoms with Crippen LogP contribution in [-0.2, 0) is 16.0 Å². The topological polar surface area (TPSA) is 66.4 Å². The minimum Gasteiger partial charge on any atom is -0.481 e. The minimum absolute atomic E-state index is 0.0675. The van der Waals surface area contributed by atoms with Crippen LogP contribution in [0.5, 0.6) is 0 Å². The van der Waals surface area contributed by atoms with Crippen molar-refractivity contribution in [2.45, 2.75) is 32.4 Å². The number of aliphatic carboxylic acids is 1. The summed E-state index contributed by atoms with van der Waals surface area (Å²) in [6, 6.07) is 8.99. The molecule has 0 saturated heterocycles. The van der Waals surface area contributed by atoms with Crippen LogP contribution < -0.4 is 5.32 Å². The molecule has 0 bridgehead atoms. The zero-order chi connectivity index (χ0) is 22.6. The van der Waals surface area contributed by atoms with Crippen LogP contribution in [0.25, 0.3) is 0 Å². The molecule has 0 spiro atoms. The van der Waals surface area contributed by atoms with Crippen molar-refractivity contribution in [3.63, 3.8) is 0 Å². The molecule has 1 amide bonds. The van der Waals surface area contributed by atoms with Crippen molar-refractivity contribution in [1.29, 1.82) is 0 Å². The fourth-order valence-corrected chi connectivity index (χ4v) is 3.10. The van der Waals surface area contributed by atoms with E-state index in [9.17, 15) is 27.2 Å². The van der Waals surface area contributed by atoms with E-state index in [1.807, 2.05) is 0 Å². The Bertz CT molecular complexity index is 915. The number of hydrogen-bond donors (Lipinski definition) is 2. The number of halogens is 5. The molecule has 0 aromatic heterocycles. The molecular weight excluding hydrogens is 426 g/mol. The summed E-state index contributed by atoms with van der Waals surface area (Å²) in [5.41, 5.74) is 0.190. The molecule has 0 heterocycles. The van der Waals surface area contributed by atoms with E-state index in [0.29, 0.717) is 10.6 Å². The second kappa shape index (κ2) is 9.47. The Labute approximate surface area is 175 Å². The van der Waals surface area contributed by atoms with Gasteiger partial charge in [-0.25, -0.2) is 4.39 Å². The Hall–Kier alpha value is -2.61. The normalized spacial score (nSPS) is 14.6. The first-order chi connectivity index (χ1) is 13.9. The highest BCUT2D eigenvalue weighted by atomic mass is 35.5. The molecule has 0 fully saturated rings. The fourth-order valence-electron chi connectivity index (χ4n) is 2.97. The smallest absolute Gasteiger partial charge is 0.392 e. The van der Waals surface area contributed by atoms with E-state index in [0.717, 1.165) is 13.0 Å². The van der Waals surface area contributed by atoms with Crippen LogP contribution in [-0.4, -0.2) is 23.2 Å². The zero-order valence-corrected chi connectivity index (χ0v) is 16.9. The third-order valence-electron chi connectivity index (χ3n) is 4.78. The minimum atomic E-state index is -4.67. The van der Waals surface area contributed by atoms with Crippen molar-refractivity contribution in [3.8, 4) is 0 Å². The van der Waals surface area contributed by atoms with Gasteiger partial charge in [0.2, 0.25) is 5.91 Å². The molecule has 0 aliphatic heterocycles. The lowest BCUT2D eigenvalue weighted by molar-refractivity contribution is -0.178. The third kappa shape index (κ3) is 5.95. The second-order valence-electron chi connectivity index (χ2n) is 7.11. The van der Waals surface area contributed by atoms with Crippen LogP contribution in [0.2, 0.25) is 5.02 Å². The molecule has 2 rings (SSSR count). The quantitative estimate of drug-likeness (QED) is 0.540. The van der Waals surface area contributed by atoms with Crippen LogP contribution in [0, 0.1) is 17.7 Å². The van der Waals surface area contributed by atoms with Crippen molar-refractivity contribution in [3.05, 3.63) is 64.4 Å². The first-order valence-corrected chi connectivity index (χ1v) is 9.42. The summed E-state index contributed by atoms with van der Waals surface area (Å²) in [6.07, 6.45) is -4.60. The molecule has 2 unspecified atom stereocenters. The molecule has 2 aromatic rings. The molecule has 0 radical (unpaired) electrons. The average molecular weight is 446 g/mol. The number of nitrogens with one attached hydrogen (secondary N) is 1. The molecule has 2 N–H and O–H groups in total. The van der Waals surface area contributed by atoms with Gasteiger partial charge in [0.15, 0.2) is 0 Å². The van der Waals surface area contributed by atoms with Gasteiger partial charge in [0.25, 0.3) is 0 Å². The Kier molecular flexibility index (Phi) is 7.47. The van der Waals surface area contributed by atoms with Gasteiger partial charge in [-0.15, -0.1) is 0 Å². The number of carboxylic acids is 1. The SMILES string of the molecule is CC(Cc1ccc(F)c(NC(=O)C(c2ccc(Cl)cc2)[C@@H](C)C(F)(F)F)c1)C(=O)O. The molecule has 3 atom stereocenters. The maximum Gasteiger partial charge on any atom is 0.392 e. The fraction of sp³-hybridized carbons (Fsp3) is 0.333. The predicted octanol–water partition coefficient (Wildman–Crippen LogP) is 5.66. The molecule has 30 heavy (non-hydrogen) atoms. The van der Waals surface area contributed by atoms with E-state index in [2.05, 4.69) is 5.32 Å². The lowest BCUT2D eigenvalue weighted by atomic mass is 9.85. The number of anilines is 1. The molecule has 0 aliphatic rings. The average Bonchev–Trinajstić information content (AvgIpc) is 2.65. The van der Waals surface area contributed by atoms with Gasteiger partial charge in [0, 0.05) is 5.02 Å². The van der Waals surface area contributed by atoms with Crippen LogP contribution in [0.4, 0.5) is 23.2 Å². The molecule has 162 valence electrons. The van der Waals surface area contributed by atoms with Crippen molar-refractivity contribution in [2.75, 3.05) is 5.32 Å². The summed E-state index contributed by atoms with van der Waals surface area (Å²) < 4.78 is 54.4. The van der Waals surface area contributed by atoms with Crippen LogP contribution in [0.15, 0.2) is 42.5 Å². The van der Waals surface area contributed by atoms with E-state index in [1.165, 1.54) is 43.3 Å². The lowest BCUT2D eigenvalue weighted by Gasteiger charge is -2.26. The molecule has 0 saturated carbocycles. The Morgan fingerprint density at radius 2 is 1.70 bits per heavy atom. The van der Waals surface area contributed by atoms with Gasteiger partial charge in [0.05, 0.1) is 23.4 Å². The summed E-state index contributed by atoms with van der Waals surface area (Å²) in [4.78, 5) is 23.8. The summed E-state index contributed by atoms with van der Waals surface area (Å²) in [7, 11) is 0.